The summed E-state index contributed by atoms with van der Waals surface area (Å²) in [4.78, 5) is 77.3. The number of carboxylic acids is 1. The number of alkyl halides is 6. The predicted octanol–water partition coefficient (Wildman–Crippen LogP) is 13.7. The van der Waals surface area contributed by atoms with Crippen LogP contribution in [0.5, 0.6) is 0 Å². The zero-order chi connectivity index (χ0) is 92.9. The van der Waals surface area contributed by atoms with Gasteiger partial charge in [0.15, 0.2) is 21.4 Å². The van der Waals surface area contributed by atoms with Crippen molar-refractivity contribution in [2.75, 3.05) is 13.2 Å². The van der Waals surface area contributed by atoms with Gasteiger partial charge in [-0.05, 0) is 220 Å². The minimum atomic E-state index is -3.58. The fraction of sp³-hybridized carbons (Fsp3) is 0.495. The minimum absolute atomic E-state index is 0.0477. The summed E-state index contributed by atoms with van der Waals surface area (Å²) in [5, 5.41) is 16.9. The van der Waals surface area contributed by atoms with Crippen LogP contribution in [-0.4, -0.2) is 105 Å². The summed E-state index contributed by atoms with van der Waals surface area (Å²) in [6, 6.07) is 55.0. The maximum Gasteiger partial charge on any atom is 0.376 e. The molecule has 0 spiro atoms. The summed E-state index contributed by atoms with van der Waals surface area (Å²) in [6.45, 7) is 42.6. The number of rotatable bonds is 12. The van der Waals surface area contributed by atoms with Gasteiger partial charge in [0, 0.05) is 93.6 Å². The Balaban J connectivity index is 0.000000180. The third-order valence-electron chi connectivity index (χ3n) is 23.3. The molecular formula is C101H128F6I3N6O9+3. The number of aromatic nitrogens is 6. The molecule has 8 saturated carbocycles. The number of hydrogen-bond acceptors (Lipinski definition) is 11. The van der Waals surface area contributed by atoms with Gasteiger partial charge < -0.3 is 14.9 Å². The third-order valence-corrected chi connectivity index (χ3v) is 31.4. The molecule has 8 fully saturated rings. The number of Topliss-reactive ketones (excluding diaryl/α,β-unsaturated/α-hetero) is 2. The van der Waals surface area contributed by atoms with E-state index in [0.29, 0.717) is 69.5 Å². The molecule has 0 amide bonds. The molecule has 9 aromatic rings. The predicted molar refractivity (Wildman–Crippen MR) is 466 cm³/mol. The molecule has 3 heterocycles. The normalized spacial score (nSPS) is 20.6. The number of benzene rings is 6. The summed E-state index contributed by atoms with van der Waals surface area (Å²) in [5.41, 5.74) is 9.88. The quantitative estimate of drug-likeness (QED) is 0.0666. The molecule has 8 aliphatic carbocycles. The highest BCUT2D eigenvalue weighted by Gasteiger charge is 2.57. The van der Waals surface area contributed by atoms with Crippen molar-refractivity contribution >= 4 is 35.4 Å². The Morgan fingerprint density at radius 3 is 0.800 bits per heavy atom. The van der Waals surface area contributed by atoms with E-state index in [1.54, 1.807) is 24.8 Å². The van der Waals surface area contributed by atoms with Crippen LogP contribution in [0.25, 0.3) is 0 Å². The number of ketones is 2. The number of carbonyl (C=O) groups is 6. The molecule has 8 bridgehead atoms. The summed E-state index contributed by atoms with van der Waals surface area (Å²) < 4.78 is 89.9. The number of imidazole rings is 3. The van der Waals surface area contributed by atoms with Crippen LogP contribution in [0.4, 0.5) is 31.1 Å². The van der Waals surface area contributed by atoms with E-state index < -0.39 is 35.6 Å². The largest absolute Gasteiger partial charge is 0.477 e. The van der Waals surface area contributed by atoms with Crippen molar-refractivity contribution in [1.29, 1.82) is 0 Å². The van der Waals surface area contributed by atoms with E-state index in [-0.39, 0.29) is 131 Å². The molecule has 125 heavy (non-hydrogen) atoms. The van der Waals surface area contributed by atoms with Gasteiger partial charge >= 0.3 is 105 Å². The van der Waals surface area contributed by atoms with Crippen LogP contribution in [0.1, 0.15) is 248 Å². The molecule has 2 N–H and O–H groups in total. The first-order chi connectivity index (χ1) is 57.8. The van der Waals surface area contributed by atoms with Crippen molar-refractivity contribution in [2.24, 2.45) is 46.3 Å². The van der Waals surface area contributed by atoms with E-state index in [4.69, 9.17) is 9.84 Å². The molecule has 0 radical (unpaired) electrons. The van der Waals surface area contributed by atoms with Gasteiger partial charge in [-0.2, -0.15) is 26.3 Å². The van der Waals surface area contributed by atoms with Crippen LogP contribution in [0.2, 0.25) is 0 Å². The zero-order valence-electron chi connectivity index (χ0n) is 76.3. The number of aliphatic hydroxyl groups is 1. The third kappa shape index (κ3) is 30.7. The van der Waals surface area contributed by atoms with Crippen molar-refractivity contribution in [3.05, 3.63) is 257 Å². The topological polar surface area (TPSA) is 206 Å². The van der Waals surface area contributed by atoms with Gasteiger partial charge in [-0.1, -0.05) is 197 Å². The van der Waals surface area contributed by atoms with Gasteiger partial charge in [-0.25, -0.2) is 29.3 Å². The number of carbonyl (C=O) groups excluding carboxylic acids is 5. The number of nitrogens with zero attached hydrogens (tertiary/aromatic N) is 6. The van der Waals surface area contributed by atoms with Crippen molar-refractivity contribution in [1.82, 2.24) is 28.7 Å². The minimum Gasteiger partial charge on any atom is -0.477 e. The summed E-state index contributed by atoms with van der Waals surface area (Å²) in [7, 11) is 0. The second-order valence-electron chi connectivity index (χ2n) is 40.5. The number of aliphatic hydroxyl groups excluding tert-OH is 1. The number of halogens is 9. The summed E-state index contributed by atoms with van der Waals surface area (Å²) in [5.74, 6) is -12.2. The number of aliphatic carboxylic acids is 1. The Kier molecular flexibility index (Phi) is 34.7. The SMILES string of the molecule is CC(C)(C)c1ccc([I+]c2ccc(C(C)(C)C)cc2)cc1.CC(C)(C)c1ccc([I+]c2ccc(C(C)(C)C)cc2)cc1.CC(C)(C)c1ccc([I+]c2ccc(C(C)(C)C)cc2)cc1.CC(F)(F)C(=O)O.CC(F)(F)C(=O)OCC12CC3CC(C1)C(=O)C(C3)C2.CC(F)(F)C(=O)n1ccnc1.O=C(n1ccnc1)n1ccnc1.O=C1C2CC3CC1CC(CO)(C3)C2. The van der Waals surface area contributed by atoms with Crippen molar-refractivity contribution in [2.45, 2.75) is 260 Å². The molecule has 3 aromatic heterocycles. The van der Waals surface area contributed by atoms with E-state index >= 15 is 0 Å². The van der Waals surface area contributed by atoms with Crippen LogP contribution in [0.3, 0.4) is 0 Å². The molecule has 15 nitrogen and oxygen atoms in total. The van der Waals surface area contributed by atoms with E-state index in [0.717, 1.165) is 61.8 Å². The maximum atomic E-state index is 12.8. The van der Waals surface area contributed by atoms with Crippen LogP contribution in [0, 0.1) is 67.8 Å². The first kappa shape index (κ1) is 103. The lowest BCUT2D eigenvalue weighted by Crippen LogP contribution is -3.61. The van der Waals surface area contributed by atoms with Crippen LogP contribution in [0.15, 0.2) is 202 Å². The first-order valence-electron chi connectivity index (χ1n) is 42.7. The Hall–Kier alpha value is -7.70. The molecular weight excluding hydrogens is 1940 g/mol. The van der Waals surface area contributed by atoms with Gasteiger partial charge in [0.1, 0.15) is 30.5 Å². The van der Waals surface area contributed by atoms with Crippen LogP contribution >= 0.6 is 0 Å². The second-order valence-corrected chi connectivity index (χ2v) is 49.6. The van der Waals surface area contributed by atoms with Gasteiger partial charge in [0.05, 0.1) is 6.61 Å². The lowest BCUT2D eigenvalue weighted by molar-refractivity contribution is -0.597. The standard InChI is InChI=1S/3C20H26I.C14H18F2O3.C11H16O2.C7H6N4O.C6H6F2N2O.C3H4F2O2/c3*1-19(2,3)15-7-11-17(12-8-15)21-18-13-9-16(10-14-18)20(4,5)6;1-13(15,16)12(18)19-7-14-4-8-2-9(5-14)11(17)10(3-8)6-14;12-6-11-3-7-1-8(4-11)10(13)9(2-7)5-11;12-7(10-3-1-8-5-10)11-4-2-9-6-11;1-6(7,8)5(11)10-3-2-9-4-10;1-3(4,5)2(6)7/h3*7-14H,1-6H3;8-10H,2-7H2,1H3;7-9,12H,1-6H2;1-6H;2-4H,1H3;1H3,(H,6,7)/q3*+1;;;;;. The Bertz CT molecular complexity index is 4460. The molecule has 0 aliphatic heterocycles. The second kappa shape index (κ2) is 42.2. The van der Waals surface area contributed by atoms with Gasteiger partial charge in [-0.3, -0.25) is 28.1 Å². The zero-order valence-corrected chi connectivity index (χ0v) is 82.8. The van der Waals surface area contributed by atoms with Gasteiger partial charge in [-0.15, -0.1) is 0 Å². The average molecular weight is 2060 g/mol. The average Bonchev–Trinajstić information content (AvgIpc) is 1.04. The number of ether oxygens (including phenoxy) is 1. The number of esters is 1. The van der Waals surface area contributed by atoms with E-state index in [1.165, 1.54) is 95.4 Å². The molecule has 8 aliphatic rings. The highest BCUT2D eigenvalue weighted by Crippen LogP contribution is 2.60. The molecule has 0 saturated heterocycles. The number of carboxylic acid groups (broad SMARTS) is 1. The number of hydrogen-bond donors (Lipinski definition) is 2. The Labute approximate surface area is 767 Å². The van der Waals surface area contributed by atoms with Crippen LogP contribution in [-0.2, 0) is 56.4 Å². The van der Waals surface area contributed by atoms with Crippen LogP contribution < -0.4 is 63.6 Å². The fourth-order valence-corrected chi connectivity index (χ4v) is 22.9. The van der Waals surface area contributed by atoms with Crippen molar-refractivity contribution in [3.63, 3.8) is 0 Å². The molecule has 6 aromatic carbocycles. The smallest absolute Gasteiger partial charge is 0.376 e. The summed E-state index contributed by atoms with van der Waals surface area (Å²) in [6.07, 6.45) is 22.3. The first-order valence-corrected chi connectivity index (χ1v) is 49.1. The van der Waals surface area contributed by atoms with E-state index in [2.05, 4.69) is 285 Å². The highest BCUT2D eigenvalue weighted by molar-refractivity contribution is 5.87. The van der Waals surface area contributed by atoms with Gasteiger partial charge in [0.2, 0.25) is 0 Å². The summed E-state index contributed by atoms with van der Waals surface area (Å²) >= 11 is -0.211. The molecule has 676 valence electrons. The fourth-order valence-electron chi connectivity index (χ4n) is 16.5. The monoisotopic (exact) mass is 2060 g/mol. The molecule has 4 atom stereocenters. The lowest BCUT2D eigenvalue weighted by Gasteiger charge is -2.55. The van der Waals surface area contributed by atoms with Crippen molar-refractivity contribution in [3.8, 4) is 0 Å². The van der Waals surface area contributed by atoms with E-state index in [9.17, 15) is 60.2 Å². The van der Waals surface area contributed by atoms with E-state index in [1.807, 2.05) is 0 Å². The molecule has 4 unspecified atom stereocenters. The lowest BCUT2D eigenvalue weighted by atomic mass is 9.49. The Morgan fingerprint density at radius 1 is 0.368 bits per heavy atom. The van der Waals surface area contributed by atoms with Gasteiger partial charge in [0.25, 0.3) is 0 Å². The maximum absolute atomic E-state index is 12.8. The van der Waals surface area contributed by atoms with Crippen molar-refractivity contribution < 1.29 is 134 Å². The highest BCUT2D eigenvalue weighted by atomic mass is 127. The Morgan fingerprint density at radius 2 is 0.600 bits per heavy atom. The molecule has 24 heteroatoms. The molecule has 17 rings (SSSR count).